The topological polar surface area (TPSA) is 62.3 Å². The van der Waals surface area contributed by atoms with Gasteiger partial charge in [0.15, 0.2) is 0 Å². The van der Waals surface area contributed by atoms with Crippen LogP contribution in [0, 0.1) is 6.92 Å². The lowest BCUT2D eigenvalue weighted by atomic mass is 10.1. The molecule has 5 nitrogen and oxygen atoms in total. The molecule has 0 unspecified atom stereocenters. The van der Waals surface area contributed by atoms with E-state index in [1.54, 1.807) is 16.3 Å². The van der Waals surface area contributed by atoms with E-state index in [1.807, 2.05) is 31.2 Å². The standard InChI is InChI=1S/C16H17N3O2S/c1-11-2-4-12(5-3-11)10-19-8-6-14(16(19)21)17-15(20)13-7-9-22-18-13/h2-5,7,9,14H,6,8,10H2,1H3,(H,17,20)/t14-/m1/s1. The number of benzene rings is 1. The van der Waals surface area contributed by atoms with Crippen LogP contribution in [0.1, 0.15) is 28.0 Å². The maximum Gasteiger partial charge on any atom is 0.271 e. The fourth-order valence-electron chi connectivity index (χ4n) is 2.51. The van der Waals surface area contributed by atoms with Crippen LogP contribution < -0.4 is 5.32 Å². The predicted octanol–water partition coefficient (Wildman–Crippen LogP) is 1.98. The van der Waals surface area contributed by atoms with Crippen molar-refractivity contribution in [2.75, 3.05) is 6.54 Å². The van der Waals surface area contributed by atoms with Gasteiger partial charge in [0, 0.05) is 18.5 Å². The number of aryl methyl sites for hydroxylation is 1. The zero-order chi connectivity index (χ0) is 15.5. The largest absolute Gasteiger partial charge is 0.339 e. The van der Waals surface area contributed by atoms with Gasteiger partial charge in [0.1, 0.15) is 11.7 Å². The van der Waals surface area contributed by atoms with Crippen molar-refractivity contribution in [3.8, 4) is 0 Å². The smallest absolute Gasteiger partial charge is 0.271 e. The van der Waals surface area contributed by atoms with Gasteiger partial charge in [-0.15, -0.1) is 0 Å². The van der Waals surface area contributed by atoms with Crippen molar-refractivity contribution >= 4 is 23.3 Å². The fraction of sp³-hybridized carbons (Fsp3) is 0.312. The quantitative estimate of drug-likeness (QED) is 0.938. The van der Waals surface area contributed by atoms with Gasteiger partial charge in [0.25, 0.3) is 5.91 Å². The van der Waals surface area contributed by atoms with Crippen LogP contribution in [0.5, 0.6) is 0 Å². The highest BCUT2D eigenvalue weighted by atomic mass is 32.1. The molecule has 2 aromatic rings. The average Bonchev–Trinajstić information content (AvgIpc) is 3.15. The Hall–Kier alpha value is -2.21. The van der Waals surface area contributed by atoms with Crippen LogP contribution in [0.4, 0.5) is 0 Å². The van der Waals surface area contributed by atoms with Gasteiger partial charge in [0.2, 0.25) is 5.91 Å². The van der Waals surface area contributed by atoms with Gasteiger partial charge < -0.3 is 10.2 Å². The monoisotopic (exact) mass is 315 g/mol. The normalized spacial score (nSPS) is 17.8. The van der Waals surface area contributed by atoms with Crippen LogP contribution in [0.15, 0.2) is 35.7 Å². The van der Waals surface area contributed by atoms with Crippen molar-refractivity contribution in [3.05, 3.63) is 52.5 Å². The summed E-state index contributed by atoms with van der Waals surface area (Å²) in [6.45, 7) is 3.28. The lowest BCUT2D eigenvalue weighted by molar-refractivity contribution is -0.129. The third-order valence-corrected chi connectivity index (χ3v) is 4.33. The number of aromatic nitrogens is 1. The van der Waals surface area contributed by atoms with Gasteiger partial charge in [-0.2, -0.15) is 4.37 Å². The van der Waals surface area contributed by atoms with E-state index in [4.69, 9.17) is 0 Å². The lowest BCUT2D eigenvalue weighted by Crippen LogP contribution is -2.41. The molecule has 1 aliphatic rings. The van der Waals surface area contributed by atoms with Gasteiger partial charge in [-0.3, -0.25) is 9.59 Å². The first-order valence-corrected chi connectivity index (χ1v) is 8.03. The molecule has 6 heteroatoms. The summed E-state index contributed by atoms with van der Waals surface area (Å²) in [6, 6.07) is 9.35. The molecule has 3 rings (SSSR count). The Morgan fingerprint density at radius 1 is 1.36 bits per heavy atom. The zero-order valence-corrected chi connectivity index (χ0v) is 13.1. The van der Waals surface area contributed by atoms with E-state index in [0.29, 0.717) is 25.2 Å². The average molecular weight is 315 g/mol. The van der Waals surface area contributed by atoms with Crippen LogP contribution in [0.3, 0.4) is 0 Å². The van der Waals surface area contributed by atoms with Crippen LogP contribution >= 0.6 is 11.5 Å². The number of likely N-dealkylation sites (tertiary alicyclic amines) is 1. The van der Waals surface area contributed by atoms with Gasteiger partial charge >= 0.3 is 0 Å². The predicted molar refractivity (Wildman–Crippen MR) is 84.6 cm³/mol. The van der Waals surface area contributed by atoms with E-state index in [0.717, 1.165) is 5.56 Å². The third kappa shape index (κ3) is 3.17. The van der Waals surface area contributed by atoms with E-state index in [9.17, 15) is 9.59 Å². The van der Waals surface area contributed by atoms with Crippen molar-refractivity contribution in [2.24, 2.45) is 0 Å². The van der Waals surface area contributed by atoms with Crippen molar-refractivity contribution in [3.63, 3.8) is 0 Å². The Kier molecular flexibility index (Phi) is 4.20. The highest BCUT2D eigenvalue weighted by Gasteiger charge is 2.33. The zero-order valence-electron chi connectivity index (χ0n) is 12.3. The molecule has 2 amide bonds. The van der Waals surface area contributed by atoms with Gasteiger partial charge in [-0.1, -0.05) is 29.8 Å². The lowest BCUT2D eigenvalue weighted by Gasteiger charge is -2.17. The molecule has 0 spiro atoms. The number of nitrogens with zero attached hydrogens (tertiary/aromatic N) is 2. The summed E-state index contributed by atoms with van der Waals surface area (Å²) in [7, 11) is 0. The molecule has 1 atom stereocenters. The van der Waals surface area contributed by atoms with Crippen LogP contribution in [0.2, 0.25) is 0 Å². The number of hydrogen-bond acceptors (Lipinski definition) is 4. The molecule has 0 aliphatic carbocycles. The summed E-state index contributed by atoms with van der Waals surface area (Å²) in [5, 5.41) is 4.52. The van der Waals surface area contributed by atoms with Gasteiger partial charge in [-0.25, -0.2) is 0 Å². The second kappa shape index (κ2) is 6.27. The number of nitrogens with one attached hydrogen (secondary N) is 1. The number of hydrogen-bond donors (Lipinski definition) is 1. The van der Waals surface area contributed by atoms with E-state index >= 15 is 0 Å². The molecule has 2 heterocycles. The second-order valence-electron chi connectivity index (χ2n) is 5.44. The first-order valence-electron chi connectivity index (χ1n) is 7.19. The van der Waals surface area contributed by atoms with Crippen molar-refractivity contribution in [2.45, 2.75) is 25.9 Å². The first-order chi connectivity index (χ1) is 10.6. The molecule has 1 aromatic carbocycles. The number of carbonyl (C=O) groups is 2. The number of amides is 2. The summed E-state index contributed by atoms with van der Waals surface area (Å²) in [4.78, 5) is 26.1. The maximum atomic E-state index is 12.4. The van der Waals surface area contributed by atoms with Crippen molar-refractivity contribution < 1.29 is 9.59 Å². The Bertz CT molecular complexity index is 667. The Labute approximate surface area is 133 Å². The minimum atomic E-state index is -0.445. The summed E-state index contributed by atoms with van der Waals surface area (Å²) in [6.07, 6.45) is 0.639. The molecular weight excluding hydrogens is 298 g/mol. The molecule has 1 saturated heterocycles. The molecule has 1 aliphatic heterocycles. The minimum Gasteiger partial charge on any atom is -0.339 e. The molecule has 0 radical (unpaired) electrons. The molecule has 22 heavy (non-hydrogen) atoms. The van der Waals surface area contributed by atoms with Crippen LogP contribution in [0.25, 0.3) is 0 Å². The summed E-state index contributed by atoms with van der Waals surface area (Å²) in [5.74, 6) is -0.305. The molecular formula is C16H17N3O2S. The molecule has 1 aromatic heterocycles. The minimum absolute atomic E-state index is 0.0239. The fourth-order valence-corrected chi connectivity index (χ4v) is 3.01. The van der Waals surface area contributed by atoms with Crippen molar-refractivity contribution in [1.82, 2.24) is 14.6 Å². The van der Waals surface area contributed by atoms with Gasteiger partial charge in [-0.05, 0) is 36.5 Å². The Balaban J connectivity index is 1.60. The highest BCUT2D eigenvalue weighted by Crippen LogP contribution is 2.16. The summed E-state index contributed by atoms with van der Waals surface area (Å²) < 4.78 is 3.98. The molecule has 1 N–H and O–H groups in total. The number of rotatable bonds is 4. The van der Waals surface area contributed by atoms with E-state index < -0.39 is 6.04 Å². The highest BCUT2D eigenvalue weighted by molar-refractivity contribution is 7.03. The molecule has 1 fully saturated rings. The number of carbonyl (C=O) groups excluding carboxylic acids is 2. The SMILES string of the molecule is Cc1ccc(CN2CC[C@@H](NC(=O)c3ccsn3)C2=O)cc1. The van der Waals surface area contributed by atoms with E-state index in [1.165, 1.54) is 17.1 Å². The molecule has 0 saturated carbocycles. The Morgan fingerprint density at radius 3 is 2.82 bits per heavy atom. The van der Waals surface area contributed by atoms with E-state index in [2.05, 4.69) is 9.69 Å². The Morgan fingerprint density at radius 2 is 2.14 bits per heavy atom. The molecule has 114 valence electrons. The summed E-state index contributed by atoms with van der Waals surface area (Å²) in [5.41, 5.74) is 2.67. The van der Waals surface area contributed by atoms with Crippen molar-refractivity contribution in [1.29, 1.82) is 0 Å². The summed E-state index contributed by atoms with van der Waals surface area (Å²) >= 11 is 1.22. The second-order valence-corrected chi connectivity index (χ2v) is 6.11. The van der Waals surface area contributed by atoms with Crippen LogP contribution in [-0.4, -0.2) is 33.7 Å². The maximum absolute atomic E-state index is 12.4. The molecule has 0 bridgehead atoms. The first kappa shape index (κ1) is 14.7. The van der Waals surface area contributed by atoms with E-state index in [-0.39, 0.29) is 11.8 Å². The van der Waals surface area contributed by atoms with Gasteiger partial charge in [0.05, 0.1) is 0 Å². The third-order valence-electron chi connectivity index (χ3n) is 3.77. The van der Waals surface area contributed by atoms with Crippen LogP contribution in [-0.2, 0) is 11.3 Å².